The number of ketones is 1. The zero-order valence-electron chi connectivity index (χ0n) is 8.87. The van der Waals surface area contributed by atoms with Gasteiger partial charge in [-0.05, 0) is 6.42 Å². The van der Waals surface area contributed by atoms with Gasteiger partial charge in [-0.2, -0.15) is 0 Å². The Labute approximate surface area is 95.8 Å². The maximum Gasteiger partial charge on any atom is 0.204 e. The van der Waals surface area contributed by atoms with Gasteiger partial charge in [-0.25, -0.2) is 0 Å². The van der Waals surface area contributed by atoms with Crippen LogP contribution in [0, 0.1) is 0 Å². The van der Waals surface area contributed by atoms with Crippen LogP contribution >= 0.6 is 11.6 Å². The van der Waals surface area contributed by atoms with E-state index in [1.807, 2.05) is 18.2 Å². The van der Waals surface area contributed by atoms with Crippen LogP contribution in [0.2, 0.25) is 0 Å². The molecular weight excluding hydrogens is 208 g/mol. The van der Waals surface area contributed by atoms with Gasteiger partial charge in [0.15, 0.2) is 0 Å². The monoisotopic (exact) mass is 222 g/mol. The second-order valence-electron chi connectivity index (χ2n) is 3.39. The van der Waals surface area contributed by atoms with Gasteiger partial charge in [0.1, 0.15) is 0 Å². The maximum absolute atomic E-state index is 11.7. The molecule has 0 radical (unpaired) electrons. The minimum Gasteiger partial charge on any atom is -0.288 e. The molecule has 0 atom stereocenters. The Morgan fingerprint density at radius 1 is 1.33 bits per heavy atom. The zero-order valence-corrected chi connectivity index (χ0v) is 9.63. The molecule has 1 nitrogen and oxygen atoms in total. The first-order valence-electron chi connectivity index (χ1n) is 5.21. The van der Waals surface area contributed by atoms with E-state index in [1.54, 1.807) is 18.2 Å². The van der Waals surface area contributed by atoms with E-state index in [-0.39, 0.29) is 5.78 Å². The highest BCUT2D eigenvalue weighted by molar-refractivity contribution is 6.45. The Balaban J connectivity index is 2.65. The lowest BCUT2D eigenvalue weighted by atomic mass is 10.1. The molecule has 0 N–H and O–H groups in total. The van der Waals surface area contributed by atoms with Gasteiger partial charge in [0, 0.05) is 5.56 Å². The van der Waals surface area contributed by atoms with Gasteiger partial charge < -0.3 is 0 Å². The summed E-state index contributed by atoms with van der Waals surface area (Å²) < 4.78 is 0. The van der Waals surface area contributed by atoms with Gasteiger partial charge in [-0.1, -0.05) is 67.8 Å². The zero-order chi connectivity index (χ0) is 11.1. The van der Waals surface area contributed by atoms with Crippen molar-refractivity contribution in [1.29, 1.82) is 0 Å². The quantitative estimate of drug-likeness (QED) is 0.415. The molecule has 0 aliphatic rings. The summed E-state index contributed by atoms with van der Waals surface area (Å²) in [6.07, 6.45) is 4.85. The highest BCUT2D eigenvalue weighted by Crippen LogP contribution is 2.13. The number of carbonyl (C=O) groups excluding carboxylic acids is 1. The smallest absolute Gasteiger partial charge is 0.204 e. The number of Topliss-reactive ketones (excluding diaryl/α,β-unsaturated/α-hetero) is 1. The van der Waals surface area contributed by atoms with Crippen molar-refractivity contribution >= 4 is 17.4 Å². The van der Waals surface area contributed by atoms with Crippen molar-refractivity contribution in [1.82, 2.24) is 0 Å². The molecule has 0 aromatic heterocycles. The van der Waals surface area contributed by atoms with Crippen molar-refractivity contribution < 1.29 is 4.79 Å². The molecule has 0 aliphatic carbocycles. The predicted octanol–water partition coefficient (Wildman–Crippen LogP) is 4.18. The van der Waals surface area contributed by atoms with Crippen LogP contribution in [0.5, 0.6) is 0 Å². The Morgan fingerprint density at radius 2 is 2.00 bits per heavy atom. The Bertz CT molecular complexity index is 341. The van der Waals surface area contributed by atoms with Crippen molar-refractivity contribution in [3.63, 3.8) is 0 Å². The molecule has 0 aliphatic heterocycles. The predicted molar refractivity (Wildman–Crippen MR) is 64.2 cm³/mol. The number of rotatable bonds is 5. The summed E-state index contributed by atoms with van der Waals surface area (Å²) in [5.74, 6) is -0.0895. The number of unbranched alkanes of at least 4 members (excludes halogenated alkanes) is 2. The normalized spacial score (nSPS) is 11.5. The molecule has 0 bridgehead atoms. The Hall–Kier alpha value is -1.08. The number of hydrogen-bond acceptors (Lipinski definition) is 1. The number of benzene rings is 1. The van der Waals surface area contributed by atoms with E-state index in [9.17, 15) is 4.79 Å². The summed E-state index contributed by atoms with van der Waals surface area (Å²) >= 11 is 5.91. The fourth-order valence-corrected chi connectivity index (χ4v) is 1.47. The average Bonchev–Trinajstić information content (AvgIpc) is 2.29. The van der Waals surface area contributed by atoms with Crippen LogP contribution in [-0.4, -0.2) is 5.78 Å². The van der Waals surface area contributed by atoms with Crippen LogP contribution in [0.1, 0.15) is 36.5 Å². The molecule has 1 aromatic rings. The van der Waals surface area contributed by atoms with Crippen LogP contribution in [0.4, 0.5) is 0 Å². The molecular formula is C13H15ClO. The minimum atomic E-state index is -0.0895. The third-order valence-electron chi connectivity index (χ3n) is 2.13. The summed E-state index contributed by atoms with van der Waals surface area (Å²) in [6, 6.07) is 9.11. The van der Waals surface area contributed by atoms with Crippen molar-refractivity contribution in [3.05, 3.63) is 47.0 Å². The first-order chi connectivity index (χ1) is 7.25. The standard InChI is InChI=1S/C13H15ClO/c1-2-3-5-10-12(14)13(15)11-8-6-4-7-9-11/h4,6-10H,2-3,5H2,1H3/b12-10-. The lowest BCUT2D eigenvalue weighted by Gasteiger charge is -1.98. The molecule has 0 saturated heterocycles. The number of halogens is 1. The highest BCUT2D eigenvalue weighted by Gasteiger charge is 2.08. The number of allylic oxidation sites excluding steroid dienone is 2. The second kappa shape index (κ2) is 6.41. The highest BCUT2D eigenvalue weighted by atomic mass is 35.5. The molecule has 80 valence electrons. The van der Waals surface area contributed by atoms with E-state index in [2.05, 4.69) is 6.92 Å². The summed E-state index contributed by atoms with van der Waals surface area (Å²) in [5, 5.41) is 0.328. The van der Waals surface area contributed by atoms with Crippen LogP contribution in [0.25, 0.3) is 0 Å². The van der Waals surface area contributed by atoms with Crippen molar-refractivity contribution in [3.8, 4) is 0 Å². The lowest BCUT2D eigenvalue weighted by molar-refractivity contribution is 0.104. The second-order valence-corrected chi connectivity index (χ2v) is 3.80. The van der Waals surface area contributed by atoms with Gasteiger partial charge in [-0.3, -0.25) is 4.79 Å². The largest absolute Gasteiger partial charge is 0.288 e. The molecule has 0 fully saturated rings. The van der Waals surface area contributed by atoms with Gasteiger partial charge in [0.05, 0.1) is 5.03 Å². The molecule has 0 amide bonds. The summed E-state index contributed by atoms with van der Waals surface area (Å²) in [5.41, 5.74) is 0.648. The summed E-state index contributed by atoms with van der Waals surface area (Å²) in [7, 11) is 0. The van der Waals surface area contributed by atoms with Gasteiger partial charge in [0.25, 0.3) is 0 Å². The average molecular weight is 223 g/mol. The van der Waals surface area contributed by atoms with Crippen molar-refractivity contribution in [2.75, 3.05) is 0 Å². The fourth-order valence-electron chi connectivity index (χ4n) is 1.25. The Morgan fingerprint density at radius 3 is 2.60 bits per heavy atom. The SMILES string of the molecule is CCCC/C=C(\Cl)C(=O)c1ccccc1. The Kier molecular flexibility index (Phi) is 5.13. The van der Waals surface area contributed by atoms with E-state index < -0.39 is 0 Å². The molecule has 0 spiro atoms. The van der Waals surface area contributed by atoms with Gasteiger partial charge in [-0.15, -0.1) is 0 Å². The molecule has 0 unspecified atom stereocenters. The molecule has 1 rings (SSSR count). The minimum absolute atomic E-state index is 0.0895. The third kappa shape index (κ3) is 3.88. The third-order valence-corrected chi connectivity index (χ3v) is 2.46. The van der Waals surface area contributed by atoms with E-state index in [1.165, 1.54) is 0 Å². The van der Waals surface area contributed by atoms with Gasteiger partial charge >= 0.3 is 0 Å². The van der Waals surface area contributed by atoms with Crippen molar-refractivity contribution in [2.45, 2.75) is 26.2 Å². The number of hydrogen-bond donors (Lipinski definition) is 0. The topological polar surface area (TPSA) is 17.1 Å². The first-order valence-corrected chi connectivity index (χ1v) is 5.59. The van der Waals surface area contributed by atoms with Crippen LogP contribution in [0.15, 0.2) is 41.4 Å². The van der Waals surface area contributed by atoms with E-state index in [0.29, 0.717) is 10.6 Å². The van der Waals surface area contributed by atoms with E-state index >= 15 is 0 Å². The lowest BCUT2D eigenvalue weighted by Crippen LogP contribution is -1.98. The fraction of sp³-hybridized carbons (Fsp3) is 0.308. The molecule has 15 heavy (non-hydrogen) atoms. The van der Waals surface area contributed by atoms with Crippen molar-refractivity contribution in [2.24, 2.45) is 0 Å². The summed E-state index contributed by atoms with van der Waals surface area (Å²) in [4.78, 5) is 11.7. The van der Waals surface area contributed by atoms with Gasteiger partial charge in [0.2, 0.25) is 5.78 Å². The van der Waals surface area contributed by atoms with Crippen LogP contribution in [-0.2, 0) is 0 Å². The molecule has 2 heteroatoms. The van der Waals surface area contributed by atoms with E-state index in [4.69, 9.17) is 11.6 Å². The van der Waals surface area contributed by atoms with Crippen LogP contribution < -0.4 is 0 Å². The van der Waals surface area contributed by atoms with Crippen LogP contribution in [0.3, 0.4) is 0 Å². The molecule has 1 aromatic carbocycles. The summed E-state index contributed by atoms with van der Waals surface area (Å²) in [6.45, 7) is 2.11. The van der Waals surface area contributed by atoms with E-state index in [0.717, 1.165) is 19.3 Å². The molecule has 0 heterocycles. The molecule has 0 saturated carbocycles. The first kappa shape index (κ1) is 12.0. The maximum atomic E-state index is 11.7. The number of carbonyl (C=O) groups is 1.